The molecule has 0 bridgehead atoms. The summed E-state index contributed by atoms with van der Waals surface area (Å²) in [6.45, 7) is 4.17. The Hall–Kier alpha value is -0.940. The Balaban J connectivity index is 2.26. The van der Waals surface area contributed by atoms with Gasteiger partial charge in [0.15, 0.2) is 0 Å². The smallest absolute Gasteiger partial charge is 0.321 e. The second kappa shape index (κ2) is 3.82. The molecule has 0 saturated heterocycles. The third kappa shape index (κ3) is 1.74. The highest BCUT2D eigenvalue weighted by molar-refractivity contribution is 7.11. The van der Waals surface area contributed by atoms with E-state index in [1.165, 1.54) is 0 Å². The summed E-state index contributed by atoms with van der Waals surface area (Å²) in [7, 11) is 0. The predicted molar refractivity (Wildman–Crippen MR) is 62.7 cm³/mol. The van der Waals surface area contributed by atoms with Gasteiger partial charge in [0.1, 0.15) is 6.04 Å². The van der Waals surface area contributed by atoms with Crippen LogP contribution in [0.4, 0.5) is 0 Å². The van der Waals surface area contributed by atoms with Crippen molar-refractivity contribution in [2.24, 2.45) is 5.73 Å². The number of hydrogen-bond acceptors (Lipinski definition) is 4. The molecule has 0 radical (unpaired) electrons. The molecule has 0 spiro atoms. The van der Waals surface area contributed by atoms with E-state index in [4.69, 9.17) is 10.8 Å². The number of thiazole rings is 1. The quantitative estimate of drug-likeness (QED) is 0.840. The van der Waals surface area contributed by atoms with Crippen LogP contribution >= 0.6 is 11.3 Å². The first kappa shape index (κ1) is 11.5. The number of nitrogens with zero attached hydrogens (tertiary/aromatic N) is 1. The number of nitrogens with two attached hydrogens (primary N) is 1. The van der Waals surface area contributed by atoms with Crippen LogP contribution in [0.5, 0.6) is 0 Å². The van der Waals surface area contributed by atoms with Crippen LogP contribution in [0.15, 0.2) is 6.20 Å². The summed E-state index contributed by atoms with van der Waals surface area (Å²) < 4.78 is 0. The molecule has 1 saturated carbocycles. The highest BCUT2D eigenvalue weighted by atomic mass is 32.1. The number of carboxylic acids is 1. The van der Waals surface area contributed by atoms with Crippen molar-refractivity contribution in [3.8, 4) is 0 Å². The minimum Gasteiger partial charge on any atom is -0.480 e. The number of carbonyl (C=O) groups is 1. The van der Waals surface area contributed by atoms with Gasteiger partial charge in [-0.3, -0.25) is 4.79 Å². The lowest BCUT2D eigenvalue weighted by molar-refractivity contribution is -0.139. The van der Waals surface area contributed by atoms with Crippen LogP contribution in [-0.4, -0.2) is 22.1 Å². The Morgan fingerprint density at radius 2 is 2.25 bits per heavy atom. The molecule has 1 aliphatic rings. The van der Waals surface area contributed by atoms with E-state index in [9.17, 15) is 4.79 Å². The largest absolute Gasteiger partial charge is 0.480 e. The van der Waals surface area contributed by atoms with E-state index in [0.717, 1.165) is 22.7 Å². The van der Waals surface area contributed by atoms with Crippen molar-refractivity contribution in [2.75, 3.05) is 0 Å². The molecule has 1 aliphatic carbocycles. The minimum atomic E-state index is -0.919. The molecule has 1 aromatic heterocycles. The second-order valence-corrected chi connectivity index (χ2v) is 5.75. The van der Waals surface area contributed by atoms with Crippen molar-refractivity contribution in [1.29, 1.82) is 0 Å². The summed E-state index contributed by atoms with van der Waals surface area (Å²) in [5.74, 6) is -0.535. The van der Waals surface area contributed by atoms with E-state index >= 15 is 0 Å². The van der Waals surface area contributed by atoms with Crippen molar-refractivity contribution >= 4 is 17.3 Å². The number of aromatic nitrogens is 1. The van der Waals surface area contributed by atoms with Gasteiger partial charge in [-0.05, 0) is 12.8 Å². The van der Waals surface area contributed by atoms with Gasteiger partial charge in [0, 0.05) is 22.4 Å². The normalized spacial score (nSPS) is 19.8. The van der Waals surface area contributed by atoms with Crippen LogP contribution in [0, 0.1) is 0 Å². The van der Waals surface area contributed by atoms with Crippen LogP contribution in [0.1, 0.15) is 42.5 Å². The SMILES string of the molecule is CC(C)c1ncc(C2(C(N)C(=O)O)CC2)s1. The maximum absolute atomic E-state index is 11.0. The average molecular weight is 240 g/mol. The van der Waals surface area contributed by atoms with Crippen molar-refractivity contribution < 1.29 is 9.90 Å². The van der Waals surface area contributed by atoms with Crippen LogP contribution in [-0.2, 0) is 10.2 Å². The Morgan fingerprint density at radius 3 is 2.62 bits per heavy atom. The molecule has 0 aliphatic heterocycles. The molecule has 1 atom stereocenters. The Morgan fingerprint density at radius 1 is 1.62 bits per heavy atom. The maximum atomic E-state index is 11.0. The number of hydrogen-bond donors (Lipinski definition) is 2. The molecule has 88 valence electrons. The zero-order chi connectivity index (χ0) is 11.9. The summed E-state index contributed by atoms with van der Waals surface area (Å²) in [5.41, 5.74) is 5.42. The number of carboxylic acid groups (broad SMARTS) is 1. The van der Waals surface area contributed by atoms with E-state index in [-0.39, 0.29) is 5.41 Å². The van der Waals surface area contributed by atoms with Gasteiger partial charge in [0.25, 0.3) is 0 Å². The Bertz CT molecular complexity index is 410. The van der Waals surface area contributed by atoms with E-state index in [0.29, 0.717) is 5.92 Å². The van der Waals surface area contributed by atoms with Gasteiger partial charge in [0.05, 0.1) is 5.01 Å². The lowest BCUT2D eigenvalue weighted by Crippen LogP contribution is -2.41. The highest BCUT2D eigenvalue weighted by Crippen LogP contribution is 2.52. The van der Waals surface area contributed by atoms with Crippen molar-refractivity contribution in [3.63, 3.8) is 0 Å². The van der Waals surface area contributed by atoms with E-state index in [2.05, 4.69) is 18.8 Å². The summed E-state index contributed by atoms with van der Waals surface area (Å²) in [6, 6.07) is -0.798. The number of aliphatic carboxylic acids is 1. The van der Waals surface area contributed by atoms with Gasteiger partial charge in [-0.2, -0.15) is 0 Å². The first-order valence-corrected chi connectivity index (χ1v) is 6.23. The predicted octanol–water partition coefficient (Wildman–Crippen LogP) is 1.71. The molecule has 0 aromatic carbocycles. The summed E-state index contributed by atoms with van der Waals surface area (Å²) in [6.07, 6.45) is 3.52. The molecule has 5 heteroatoms. The maximum Gasteiger partial charge on any atom is 0.321 e. The van der Waals surface area contributed by atoms with Crippen molar-refractivity contribution in [2.45, 2.75) is 44.1 Å². The fourth-order valence-electron chi connectivity index (χ4n) is 1.87. The molecule has 1 fully saturated rings. The van der Waals surface area contributed by atoms with Gasteiger partial charge in [-0.1, -0.05) is 13.8 Å². The number of rotatable bonds is 4. The molecule has 1 unspecified atom stereocenters. The molecule has 2 rings (SSSR count). The second-order valence-electron chi connectivity index (χ2n) is 4.69. The zero-order valence-corrected chi connectivity index (χ0v) is 10.3. The summed E-state index contributed by atoms with van der Waals surface area (Å²) in [5, 5.41) is 10.0. The molecular weight excluding hydrogens is 224 g/mol. The van der Waals surface area contributed by atoms with Crippen molar-refractivity contribution in [3.05, 3.63) is 16.1 Å². The van der Waals surface area contributed by atoms with Gasteiger partial charge < -0.3 is 10.8 Å². The molecule has 4 nitrogen and oxygen atoms in total. The van der Waals surface area contributed by atoms with Gasteiger partial charge in [0.2, 0.25) is 0 Å². The fraction of sp³-hybridized carbons (Fsp3) is 0.636. The van der Waals surface area contributed by atoms with Gasteiger partial charge in [-0.25, -0.2) is 4.98 Å². The standard InChI is InChI=1S/C11H16N2O2S/c1-6(2)9-13-5-7(16-9)11(3-4-11)8(12)10(14)15/h5-6,8H,3-4,12H2,1-2H3,(H,14,15). The van der Waals surface area contributed by atoms with Crippen LogP contribution < -0.4 is 5.73 Å². The molecule has 3 N–H and O–H groups in total. The highest BCUT2D eigenvalue weighted by Gasteiger charge is 2.53. The molecule has 1 heterocycles. The molecule has 1 aromatic rings. The summed E-state index contributed by atoms with van der Waals surface area (Å²) in [4.78, 5) is 16.3. The third-order valence-corrected chi connectivity index (χ3v) is 4.68. The van der Waals surface area contributed by atoms with E-state index in [1.54, 1.807) is 17.5 Å². The topological polar surface area (TPSA) is 76.2 Å². The molecule has 16 heavy (non-hydrogen) atoms. The van der Waals surface area contributed by atoms with Crippen LogP contribution in [0.2, 0.25) is 0 Å². The van der Waals surface area contributed by atoms with E-state index in [1.807, 2.05) is 0 Å². The van der Waals surface area contributed by atoms with Crippen molar-refractivity contribution in [1.82, 2.24) is 4.98 Å². The monoisotopic (exact) mass is 240 g/mol. The van der Waals surface area contributed by atoms with Crippen LogP contribution in [0.3, 0.4) is 0 Å². The Kier molecular flexibility index (Phi) is 2.75. The lowest BCUT2D eigenvalue weighted by Gasteiger charge is -2.17. The first-order chi connectivity index (χ1) is 7.47. The first-order valence-electron chi connectivity index (χ1n) is 5.42. The third-order valence-electron chi connectivity index (χ3n) is 3.16. The average Bonchev–Trinajstić information content (AvgIpc) is 2.87. The minimum absolute atomic E-state index is 0.337. The Labute approximate surface area is 98.5 Å². The lowest BCUT2D eigenvalue weighted by atomic mass is 9.96. The van der Waals surface area contributed by atoms with Gasteiger partial charge in [-0.15, -0.1) is 11.3 Å². The zero-order valence-electron chi connectivity index (χ0n) is 9.43. The molecule has 0 amide bonds. The van der Waals surface area contributed by atoms with E-state index < -0.39 is 12.0 Å². The van der Waals surface area contributed by atoms with Crippen LogP contribution in [0.25, 0.3) is 0 Å². The molecular formula is C11H16N2O2S. The summed E-state index contributed by atoms with van der Waals surface area (Å²) >= 11 is 1.60. The van der Waals surface area contributed by atoms with Gasteiger partial charge >= 0.3 is 5.97 Å². The fourth-order valence-corrected chi connectivity index (χ4v) is 3.07.